The van der Waals surface area contributed by atoms with Crippen LogP contribution in [-0.2, 0) is 11.3 Å². The highest BCUT2D eigenvalue weighted by molar-refractivity contribution is 5.89. The van der Waals surface area contributed by atoms with E-state index in [1.807, 2.05) is 13.8 Å². The summed E-state index contributed by atoms with van der Waals surface area (Å²) in [7, 11) is 1.57. The van der Waals surface area contributed by atoms with Crippen LogP contribution in [0.1, 0.15) is 48.7 Å². The van der Waals surface area contributed by atoms with Crippen LogP contribution >= 0.6 is 0 Å². The van der Waals surface area contributed by atoms with E-state index < -0.39 is 5.97 Å². The number of aromatic nitrogens is 1. The highest BCUT2D eigenvalue weighted by Crippen LogP contribution is 2.27. The maximum atomic E-state index is 11.4. The van der Waals surface area contributed by atoms with Gasteiger partial charge >= 0.3 is 5.97 Å². The van der Waals surface area contributed by atoms with Crippen LogP contribution in [0.3, 0.4) is 0 Å². The number of likely N-dealkylation sites (N-methyl/N-ethyl adjacent to an activating group) is 1. The fourth-order valence-electron chi connectivity index (χ4n) is 2.17. The zero-order valence-electron chi connectivity index (χ0n) is 11.1. The molecule has 1 rings (SSSR count). The normalized spacial score (nSPS) is 10.7. The Bertz CT molecular complexity index is 433. The smallest absolute Gasteiger partial charge is 0.337 e. The van der Waals surface area contributed by atoms with Gasteiger partial charge in [-0.25, -0.2) is 4.79 Å². The SMILES string of the molecule is CCC(CC)c1c(C(=O)O)ccn1CC(=O)NC. The molecule has 0 aromatic carbocycles. The van der Waals surface area contributed by atoms with Crippen LogP contribution in [0.4, 0.5) is 0 Å². The first-order valence-corrected chi connectivity index (χ1v) is 6.17. The molecule has 1 aromatic heterocycles. The van der Waals surface area contributed by atoms with Gasteiger partial charge in [-0.2, -0.15) is 0 Å². The Morgan fingerprint density at radius 3 is 2.44 bits per heavy atom. The van der Waals surface area contributed by atoms with Gasteiger partial charge in [-0.1, -0.05) is 13.8 Å². The van der Waals surface area contributed by atoms with Crippen molar-refractivity contribution in [2.24, 2.45) is 0 Å². The molecule has 0 saturated carbocycles. The molecule has 0 aliphatic carbocycles. The van der Waals surface area contributed by atoms with Gasteiger partial charge in [0.1, 0.15) is 6.54 Å². The third-order valence-corrected chi connectivity index (χ3v) is 3.20. The Morgan fingerprint density at radius 2 is 2.00 bits per heavy atom. The number of aromatic carboxylic acids is 1. The van der Waals surface area contributed by atoms with Gasteiger partial charge in [0.05, 0.1) is 5.56 Å². The van der Waals surface area contributed by atoms with E-state index in [2.05, 4.69) is 5.32 Å². The maximum absolute atomic E-state index is 11.4. The van der Waals surface area contributed by atoms with Crippen molar-refractivity contribution in [3.63, 3.8) is 0 Å². The van der Waals surface area contributed by atoms with Gasteiger partial charge in [-0.05, 0) is 24.8 Å². The van der Waals surface area contributed by atoms with Crippen molar-refractivity contribution >= 4 is 11.9 Å². The summed E-state index contributed by atoms with van der Waals surface area (Å²) in [4.78, 5) is 22.6. The van der Waals surface area contributed by atoms with Gasteiger partial charge < -0.3 is 15.0 Å². The fraction of sp³-hybridized carbons (Fsp3) is 0.538. The number of carbonyl (C=O) groups excluding carboxylic acids is 1. The van der Waals surface area contributed by atoms with Crippen molar-refractivity contribution in [1.29, 1.82) is 0 Å². The molecule has 0 radical (unpaired) electrons. The summed E-state index contributed by atoms with van der Waals surface area (Å²) in [6.45, 7) is 4.21. The molecule has 5 heteroatoms. The molecule has 100 valence electrons. The van der Waals surface area contributed by atoms with E-state index in [1.165, 1.54) is 0 Å². The van der Waals surface area contributed by atoms with Gasteiger partial charge in [0.2, 0.25) is 5.91 Å². The summed E-state index contributed by atoms with van der Waals surface area (Å²) in [6, 6.07) is 1.57. The van der Waals surface area contributed by atoms with Crippen LogP contribution in [0.25, 0.3) is 0 Å². The van der Waals surface area contributed by atoms with Crippen LogP contribution < -0.4 is 5.32 Å². The molecular weight excluding hydrogens is 232 g/mol. The minimum atomic E-state index is -0.937. The topological polar surface area (TPSA) is 71.3 Å². The molecule has 0 atom stereocenters. The lowest BCUT2D eigenvalue weighted by Gasteiger charge is -2.17. The van der Waals surface area contributed by atoms with E-state index >= 15 is 0 Å². The molecule has 5 nitrogen and oxygen atoms in total. The third-order valence-electron chi connectivity index (χ3n) is 3.20. The first-order valence-electron chi connectivity index (χ1n) is 6.17. The molecule has 0 aliphatic heterocycles. The highest BCUT2D eigenvalue weighted by atomic mass is 16.4. The van der Waals surface area contributed by atoms with Crippen molar-refractivity contribution < 1.29 is 14.7 Å². The molecule has 0 spiro atoms. The molecule has 0 saturated heterocycles. The van der Waals surface area contributed by atoms with E-state index in [9.17, 15) is 14.7 Å². The van der Waals surface area contributed by atoms with Crippen LogP contribution in [0.15, 0.2) is 12.3 Å². The fourth-order valence-corrected chi connectivity index (χ4v) is 2.17. The van der Waals surface area contributed by atoms with E-state index in [0.29, 0.717) is 5.56 Å². The van der Waals surface area contributed by atoms with Crippen molar-refractivity contribution in [2.75, 3.05) is 7.05 Å². The first kappa shape index (κ1) is 14.3. The van der Waals surface area contributed by atoms with E-state index in [-0.39, 0.29) is 18.4 Å². The number of carboxylic acid groups (broad SMARTS) is 1. The minimum Gasteiger partial charge on any atom is -0.478 e. The van der Waals surface area contributed by atoms with Gasteiger partial charge in [0.15, 0.2) is 0 Å². The number of nitrogens with one attached hydrogen (secondary N) is 1. The zero-order valence-corrected chi connectivity index (χ0v) is 11.1. The molecule has 0 bridgehead atoms. The number of nitrogens with zero attached hydrogens (tertiary/aromatic N) is 1. The minimum absolute atomic E-state index is 0.130. The standard InChI is InChI=1S/C13H20N2O3/c1-4-9(5-2)12-10(13(17)18)6-7-15(12)8-11(16)14-3/h6-7,9H,4-5,8H2,1-3H3,(H,14,16)(H,17,18). The Labute approximate surface area is 107 Å². The van der Waals surface area contributed by atoms with Crippen LogP contribution in [0.2, 0.25) is 0 Å². The number of amides is 1. The molecule has 0 fully saturated rings. The number of rotatable bonds is 6. The molecule has 0 unspecified atom stereocenters. The number of hydrogen-bond acceptors (Lipinski definition) is 2. The average molecular weight is 252 g/mol. The average Bonchev–Trinajstić information content (AvgIpc) is 2.75. The van der Waals surface area contributed by atoms with Crippen molar-refractivity contribution in [2.45, 2.75) is 39.2 Å². The second-order valence-corrected chi connectivity index (χ2v) is 4.23. The lowest BCUT2D eigenvalue weighted by atomic mass is 9.96. The largest absolute Gasteiger partial charge is 0.478 e. The highest BCUT2D eigenvalue weighted by Gasteiger charge is 2.21. The van der Waals surface area contributed by atoms with Gasteiger partial charge in [-0.15, -0.1) is 0 Å². The third kappa shape index (κ3) is 2.91. The maximum Gasteiger partial charge on any atom is 0.337 e. The molecule has 2 N–H and O–H groups in total. The summed E-state index contributed by atoms with van der Waals surface area (Å²) >= 11 is 0. The zero-order chi connectivity index (χ0) is 13.7. The summed E-state index contributed by atoms with van der Waals surface area (Å²) in [5.74, 6) is -0.905. The summed E-state index contributed by atoms with van der Waals surface area (Å²) < 4.78 is 1.74. The monoisotopic (exact) mass is 252 g/mol. The molecule has 18 heavy (non-hydrogen) atoms. The van der Waals surface area contributed by atoms with Crippen LogP contribution in [0.5, 0.6) is 0 Å². The van der Waals surface area contributed by atoms with Crippen LogP contribution in [0, 0.1) is 0 Å². The Hall–Kier alpha value is -1.78. The van der Waals surface area contributed by atoms with Crippen LogP contribution in [-0.4, -0.2) is 28.6 Å². The Balaban J connectivity index is 3.18. The predicted molar refractivity (Wildman–Crippen MR) is 68.8 cm³/mol. The quantitative estimate of drug-likeness (QED) is 0.811. The lowest BCUT2D eigenvalue weighted by Crippen LogP contribution is -2.25. The lowest BCUT2D eigenvalue weighted by molar-refractivity contribution is -0.121. The van der Waals surface area contributed by atoms with Gasteiger partial charge in [0, 0.05) is 18.9 Å². The van der Waals surface area contributed by atoms with Crippen molar-refractivity contribution in [3.05, 3.63) is 23.5 Å². The van der Waals surface area contributed by atoms with Crippen molar-refractivity contribution in [3.8, 4) is 0 Å². The van der Waals surface area contributed by atoms with Gasteiger partial charge in [-0.3, -0.25) is 4.79 Å². The van der Waals surface area contributed by atoms with E-state index in [4.69, 9.17) is 0 Å². The van der Waals surface area contributed by atoms with E-state index in [1.54, 1.807) is 23.9 Å². The Morgan fingerprint density at radius 1 is 1.39 bits per heavy atom. The Kier molecular flexibility index (Phi) is 4.95. The number of carbonyl (C=O) groups is 2. The molecule has 1 heterocycles. The second kappa shape index (κ2) is 6.23. The number of hydrogen-bond donors (Lipinski definition) is 2. The van der Waals surface area contributed by atoms with E-state index in [0.717, 1.165) is 18.5 Å². The predicted octanol–water partition coefficient (Wildman–Crippen LogP) is 1.84. The first-order chi connectivity index (χ1) is 8.54. The van der Waals surface area contributed by atoms with Gasteiger partial charge in [0.25, 0.3) is 0 Å². The van der Waals surface area contributed by atoms with Crippen molar-refractivity contribution in [1.82, 2.24) is 9.88 Å². The molecule has 0 aliphatic rings. The summed E-state index contributed by atoms with van der Waals surface area (Å²) in [5.41, 5.74) is 1.05. The summed E-state index contributed by atoms with van der Waals surface area (Å²) in [6.07, 6.45) is 3.38. The number of carboxylic acids is 1. The summed E-state index contributed by atoms with van der Waals surface area (Å²) in [5, 5.41) is 11.7. The molecule has 1 aromatic rings. The molecule has 1 amide bonds. The second-order valence-electron chi connectivity index (χ2n) is 4.23. The molecular formula is C13H20N2O3.